The highest BCUT2D eigenvalue weighted by Gasteiger charge is 2.20. The molecule has 5 heteroatoms. The fourth-order valence-corrected chi connectivity index (χ4v) is 2.92. The van der Waals surface area contributed by atoms with E-state index in [1.807, 2.05) is 37.3 Å². The van der Waals surface area contributed by atoms with E-state index < -0.39 is 0 Å². The third-order valence-electron chi connectivity index (χ3n) is 4.20. The molecule has 23 heavy (non-hydrogen) atoms. The van der Waals surface area contributed by atoms with Gasteiger partial charge in [-0.2, -0.15) is 0 Å². The number of aryl methyl sites for hydroxylation is 1. The van der Waals surface area contributed by atoms with Crippen molar-refractivity contribution in [3.63, 3.8) is 0 Å². The highest BCUT2D eigenvalue weighted by Crippen LogP contribution is 2.25. The number of nitrogens with one attached hydrogen (secondary N) is 2. The lowest BCUT2D eigenvalue weighted by Crippen LogP contribution is -2.24. The molecule has 2 N–H and O–H groups in total. The van der Waals surface area contributed by atoms with Crippen LogP contribution in [0.1, 0.15) is 37.8 Å². The third-order valence-corrected chi connectivity index (χ3v) is 4.20. The Hall–Kier alpha value is -2.43. The maximum atomic E-state index is 12.2. The summed E-state index contributed by atoms with van der Waals surface area (Å²) in [6.07, 6.45) is 7.15. The monoisotopic (exact) mass is 310 g/mol. The van der Waals surface area contributed by atoms with E-state index in [0.717, 1.165) is 35.7 Å². The van der Waals surface area contributed by atoms with Gasteiger partial charge in [0, 0.05) is 29.1 Å². The van der Waals surface area contributed by atoms with Crippen LogP contribution in [0.15, 0.2) is 36.7 Å². The van der Waals surface area contributed by atoms with Crippen molar-refractivity contribution in [3.05, 3.63) is 42.4 Å². The van der Waals surface area contributed by atoms with Gasteiger partial charge in [-0.15, -0.1) is 0 Å². The van der Waals surface area contributed by atoms with Gasteiger partial charge in [0.1, 0.15) is 12.1 Å². The Balaban J connectivity index is 1.59. The lowest BCUT2D eigenvalue weighted by molar-refractivity contribution is -0.120. The number of carbonyl (C=O) groups excluding carboxylic acids is 1. The first-order valence-electron chi connectivity index (χ1n) is 8.17. The molecular formula is C18H22N4O. The van der Waals surface area contributed by atoms with Crippen LogP contribution < -0.4 is 10.6 Å². The Labute approximate surface area is 136 Å². The summed E-state index contributed by atoms with van der Waals surface area (Å²) >= 11 is 0. The zero-order chi connectivity index (χ0) is 16.1. The molecule has 0 aliphatic heterocycles. The molecule has 1 aliphatic rings. The summed E-state index contributed by atoms with van der Waals surface area (Å²) in [6.45, 7) is 1.93. The van der Waals surface area contributed by atoms with E-state index in [-0.39, 0.29) is 11.8 Å². The Kier molecular flexibility index (Phi) is 4.86. The fraction of sp³-hybridized carbons (Fsp3) is 0.389. The molecule has 3 rings (SSSR count). The van der Waals surface area contributed by atoms with Crippen molar-refractivity contribution in [1.82, 2.24) is 9.97 Å². The van der Waals surface area contributed by atoms with E-state index in [0.29, 0.717) is 0 Å². The van der Waals surface area contributed by atoms with Crippen LogP contribution in [-0.4, -0.2) is 15.9 Å². The quantitative estimate of drug-likeness (QED) is 0.894. The predicted molar refractivity (Wildman–Crippen MR) is 91.7 cm³/mol. The number of rotatable bonds is 4. The fourth-order valence-electron chi connectivity index (χ4n) is 2.92. The van der Waals surface area contributed by atoms with Crippen molar-refractivity contribution in [2.75, 3.05) is 10.6 Å². The minimum absolute atomic E-state index is 0.150. The van der Waals surface area contributed by atoms with Crippen molar-refractivity contribution < 1.29 is 4.79 Å². The molecule has 1 fully saturated rings. The molecule has 0 saturated heterocycles. The maximum absolute atomic E-state index is 12.2. The van der Waals surface area contributed by atoms with E-state index in [4.69, 9.17) is 0 Å². The lowest BCUT2D eigenvalue weighted by atomic mass is 9.88. The van der Waals surface area contributed by atoms with Gasteiger partial charge in [0.05, 0.1) is 0 Å². The van der Waals surface area contributed by atoms with E-state index in [1.165, 1.54) is 25.6 Å². The van der Waals surface area contributed by atoms with Crippen LogP contribution >= 0.6 is 0 Å². The van der Waals surface area contributed by atoms with Crippen LogP contribution in [0.4, 0.5) is 17.2 Å². The summed E-state index contributed by atoms with van der Waals surface area (Å²) < 4.78 is 0. The number of aromatic nitrogens is 2. The van der Waals surface area contributed by atoms with Crippen molar-refractivity contribution >= 4 is 23.1 Å². The molecule has 0 spiro atoms. The molecule has 0 unspecified atom stereocenters. The molecule has 0 bridgehead atoms. The number of benzene rings is 1. The number of nitrogens with zero attached hydrogens (tertiary/aromatic N) is 2. The standard InChI is InChI=1S/C18H22N4O/c1-13-11-17(20-12-19-13)21-15-7-9-16(10-8-15)22-18(23)14-5-3-2-4-6-14/h7-12,14H,2-6H2,1H3,(H,22,23)(H,19,20,21). The van der Waals surface area contributed by atoms with Gasteiger partial charge in [-0.1, -0.05) is 19.3 Å². The van der Waals surface area contributed by atoms with Gasteiger partial charge in [0.2, 0.25) is 5.91 Å². The van der Waals surface area contributed by atoms with Gasteiger partial charge in [-0.3, -0.25) is 4.79 Å². The van der Waals surface area contributed by atoms with Crippen molar-refractivity contribution in [1.29, 1.82) is 0 Å². The van der Waals surface area contributed by atoms with Crippen molar-refractivity contribution in [2.24, 2.45) is 5.92 Å². The van der Waals surface area contributed by atoms with Gasteiger partial charge in [0.25, 0.3) is 0 Å². The summed E-state index contributed by atoms with van der Waals surface area (Å²) in [6, 6.07) is 9.59. The van der Waals surface area contributed by atoms with Crippen LogP contribution in [0.2, 0.25) is 0 Å². The second-order valence-corrected chi connectivity index (χ2v) is 6.07. The number of hydrogen-bond donors (Lipinski definition) is 2. The number of hydrogen-bond acceptors (Lipinski definition) is 4. The molecular weight excluding hydrogens is 288 g/mol. The molecule has 1 amide bonds. The molecule has 120 valence electrons. The van der Waals surface area contributed by atoms with E-state index in [2.05, 4.69) is 20.6 Å². The normalized spacial score (nSPS) is 15.2. The van der Waals surface area contributed by atoms with Crippen LogP contribution in [0.3, 0.4) is 0 Å². The molecule has 1 aromatic carbocycles. The lowest BCUT2D eigenvalue weighted by Gasteiger charge is -2.20. The Bertz CT molecular complexity index is 663. The van der Waals surface area contributed by atoms with Crippen LogP contribution in [0.5, 0.6) is 0 Å². The van der Waals surface area contributed by atoms with E-state index in [1.54, 1.807) is 0 Å². The summed E-state index contributed by atoms with van der Waals surface area (Å²) in [4.78, 5) is 20.5. The molecule has 1 heterocycles. The third kappa shape index (κ3) is 4.28. The van der Waals surface area contributed by atoms with Crippen LogP contribution in [0.25, 0.3) is 0 Å². The summed E-state index contributed by atoms with van der Waals surface area (Å²) in [5.41, 5.74) is 2.68. The average Bonchev–Trinajstić information content (AvgIpc) is 2.57. The largest absolute Gasteiger partial charge is 0.340 e. The van der Waals surface area contributed by atoms with Crippen molar-refractivity contribution in [3.8, 4) is 0 Å². The highest BCUT2D eigenvalue weighted by atomic mass is 16.1. The minimum Gasteiger partial charge on any atom is -0.340 e. The highest BCUT2D eigenvalue weighted by molar-refractivity contribution is 5.92. The molecule has 5 nitrogen and oxygen atoms in total. The van der Waals surface area contributed by atoms with Gasteiger partial charge in [-0.25, -0.2) is 9.97 Å². The molecule has 0 radical (unpaired) electrons. The van der Waals surface area contributed by atoms with E-state index in [9.17, 15) is 4.79 Å². The number of anilines is 3. The summed E-state index contributed by atoms with van der Waals surface area (Å²) in [7, 11) is 0. The van der Waals surface area contributed by atoms with Gasteiger partial charge in [-0.05, 0) is 44.0 Å². The minimum atomic E-state index is 0.150. The molecule has 0 atom stereocenters. The topological polar surface area (TPSA) is 66.9 Å². The van der Waals surface area contributed by atoms with Gasteiger partial charge in [0.15, 0.2) is 0 Å². The van der Waals surface area contributed by atoms with Gasteiger partial charge >= 0.3 is 0 Å². The van der Waals surface area contributed by atoms with Crippen molar-refractivity contribution in [2.45, 2.75) is 39.0 Å². The first-order chi connectivity index (χ1) is 11.2. The average molecular weight is 310 g/mol. The maximum Gasteiger partial charge on any atom is 0.227 e. The Morgan fingerprint density at radius 3 is 2.43 bits per heavy atom. The first-order valence-corrected chi connectivity index (χ1v) is 8.17. The molecule has 1 aromatic heterocycles. The number of carbonyl (C=O) groups is 1. The molecule has 1 aliphatic carbocycles. The van der Waals surface area contributed by atoms with Crippen LogP contribution in [-0.2, 0) is 4.79 Å². The molecule has 1 saturated carbocycles. The Morgan fingerprint density at radius 2 is 1.74 bits per heavy atom. The first kappa shape index (κ1) is 15.5. The summed E-state index contributed by atoms with van der Waals surface area (Å²) in [5, 5.41) is 6.24. The van der Waals surface area contributed by atoms with Crippen LogP contribution in [0, 0.1) is 12.8 Å². The van der Waals surface area contributed by atoms with Gasteiger partial charge < -0.3 is 10.6 Å². The zero-order valence-electron chi connectivity index (χ0n) is 13.4. The summed E-state index contributed by atoms with van der Waals surface area (Å²) in [5.74, 6) is 1.08. The Morgan fingerprint density at radius 1 is 1.04 bits per heavy atom. The molecule has 2 aromatic rings. The van der Waals surface area contributed by atoms with E-state index >= 15 is 0 Å². The number of amides is 1. The zero-order valence-corrected chi connectivity index (χ0v) is 13.4. The smallest absolute Gasteiger partial charge is 0.227 e. The second kappa shape index (κ2) is 7.22. The predicted octanol–water partition coefficient (Wildman–Crippen LogP) is 4.05. The second-order valence-electron chi connectivity index (χ2n) is 6.07. The SMILES string of the molecule is Cc1cc(Nc2ccc(NC(=O)C3CCCCC3)cc2)ncn1.